The number of carbonyl (C=O) groups is 2. The molecule has 0 bridgehead atoms. The van der Waals surface area contributed by atoms with E-state index in [0.717, 1.165) is 11.3 Å². The van der Waals surface area contributed by atoms with Gasteiger partial charge in [0.1, 0.15) is 18.4 Å². The Morgan fingerprint density at radius 3 is 2.59 bits per heavy atom. The molecule has 1 aromatic heterocycles. The average Bonchev–Trinajstić information content (AvgIpc) is 3.34. The highest BCUT2D eigenvalue weighted by molar-refractivity contribution is 5.84. The number of urea groups is 1. The number of ether oxygens (including phenoxy) is 1. The minimum atomic E-state index is -0.561. The van der Waals surface area contributed by atoms with Crippen LogP contribution in [0.25, 0.3) is 0 Å². The number of methoxy groups -OCH3 is 1. The molecule has 0 radical (unpaired) electrons. The SMILES string of the molecule is COCCN(CC(=O)N1CCn2cccc2[C@H]1c1ccccc1F)C(=O)NCc1ccccc1. The van der Waals surface area contributed by atoms with Crippen LogP contribution in [0.2, 0.25) is 0 Å². The predicted octanol–water partition coefficient (Wildman–Crippen LogP) is 3.42. The fraction of sp³-hybridized carbons (Fsp3) is 0.308. The summed E-state index contributed by atoms with van der Waals surface area (Å²) in [5.41, 5.74) is 2.25. The van der Waals surface area contributed by atoms with Crippen molar-refractivity contribution in [3.8, 4) is 0 Å². The number of nitrogens with one attached hydrogen (secondary N) is 1. The van der Waals surface area contributed by atoms with Gasteiger partial charge in [0.2, 0.25) is 5.91 Å². The van der Waals surface area contributed by atoms with E-state index in [1.165, 1.54) is 11.0 Å². The Bertz CT molecular complexity index is 1120. The van der Waals surface area contributed by atoms with Gasteiger partial charge in [0, 0.05) is 50.7 Å². The highest BCUT2D eigenvalue weighted by atomic mass is 19.1. The van der Waals surface area contributed by atoms with Gasteiger partial charge >= 0.3 is 6.03 Å². The molecule has 3 amide bonds. The summed E-state index contributed by atoms with van der Waals surface area (Å²) in [6.07, 6.45) is 1.94. The lowest BCUT2D eigenvalue weighted by Gasteiger charge is -2.38. The zero-order chi connectivity index (χ0) is 23.9. The molecule has 34 heavy (non-hydrogen) atoms. The van der Waals surface area contributed by atoms with E-state index in [-0.39, 0.29) is 30.8 Å². The molecule has 2 heterocycles. The highest BCUT2D eigenvalue weighted by Crippen LogP contribution is 2.33. The molecule has 1 atom stereocenters. The molecule has 4 rings (SSSR count). The van der Waals surface area contributed by atoms with Gasteiger partial charge in [-0.15, -0.1) is 0 Å². The van der Waals surface area contributed by atoms with Gasteiger partial charge in [0.15, 0.2) is 0 Å². The Kier molecular flexibility index (Phi) is 7.59. The summed E-state index contributed by atoms with van der Waals surface area (Å²) in [5, 5.41) is 2.88. The third-order valence-electron chi connectivity index (χ3n) is 6.02. The Balaban J connectivity index is 1.52. The molecule has 1 N–H and O–H groups in total. The van der Waals surface area contributed by atoms with E-state index >= 15 is 0 Å². The van der Waals surface area contributed by atoms with Gasteiger partial charge in [0.05, 0.1) is 6.61 Å². The van der Waals surface area contributed by atoms with Gasteiger partial charge < -0.3 is 24.4 Å². The first-order valence-electron chi connectivity index (χ1n) is 11.3. The van der Waals surface area contributed by atoms with Crippen LogP contribution in [0.15, 0.2) is 72.9 Å². The van der Waals surface area contributed by atoms with Gasteiger partial charge in [-0.1, -0.05) is 48.5 Å². The van der Waals surface area contributed by atoms with E-state index in [1.54, 1.807) is 30.2 Å². The van der Waals surface area contributed by atoms with Crippen LogP contribution in [0.1, 0.15) is 22.9 Å². The molecule has 0 spiro atoms. The number of halogens is 1. The van der Waals surface area contributed by atoms with Crippen molar-refractivity contribution in [3.05, 3.63) is 95.6 Å². The number of hydrogen-bond acceptors (Lipinski definition) is 3. The molecule has 8 heteroatoms. The minimum absolute atomic E-state index is 0.129. The van der Waals surface area contributed by atoms with Crippen molar-refractivity contribution in [3.63, 3.8) is 0 Å². The first-order valence-corrected chi connectivity index (χ1v) is 11.3. The topological polar surface area (TPSA) is 66.8 Å². The Morgan fingerprint density at radius 2 is 1.82 bits per heavy atom. The number of hydrogen-bond donors (Lipinski definition) is 1. The van der Waals surface area contributed by atoms with E-state index in [0.29, 0.717) is 31.8 Å². The first-order chi connectivity index (χ1) is 16.6. The van der Waals surface area contributed by atoms with Crippen molar-refractivity contribution < 1.29 is 18.7 Å². The molecule has 0 saturated carbocycles. The lowest BCUT2D eigenvalue weighted by atomic mass is 9.99. The molecular weight excluding hydrogens is 435 g/mol. The van der Waals surface area contributed by atoms with Crippen molar-refractivity contribution >= 4 is 11.9 Å². The van der Waals surface area contributed by atoms with E-state index in [1.807, 2.05) is 53.2 Å². The molecule has 3 aromatic rings. The molecule has 1 aliphatic rings. The van der Waals surface area contributed by atoms with Crippen LogP contribution in [0.4, 0.5) is 9.18 Å². The summed E-state index contributed by atoms with van der Waals surface area (Å²) in [6.45, 7) is 1.81. The van der Waals surface area contributed by atoms with Crippen LogP contribution >= 0.6 is 0 Å². The fourth-order valence-electron chi connectivity index (χ4n) is 4.27. The second kappa shape index (κ2) is 11.0. The normalized spacial score (nSPS) is 15.0. The quantitative estimate of drug-likeness (QED) is 0.556. The van der Waals surface area contributed by atoms with Crippen molar-refractivity contribution in [1.29, 1.82) is 0 Å². The van der Waals surface area contributed by atoms with Crippen LogP contribution in [0.3, 0.4) is 0 Å². The molecule has 2 aromatic carbocycles. The second-order valence-corrected chi connectivity index (χ2v) is 8.20. The van der Waals surface area contributed by atoms with Gasteiger partial charge in [-0.2, -0.15) is 0 Å². The van der Waals surface area contributed by atoms with Gasteiger partial charge in [-0.3, -0.25) is 4.79 Å². The monoisotopic (exact) mass is 464 g/mol. The first kappa shape index (κ1) is 23.5. The maximum Gasteiger partial charge on any atom is 0.318 e. The van der Waals surface area contributed by atoms with E-state index in [2.05, 4.69) is 5.32 Å². The number of fused-ring (bicyclic) bond motifs is 1. The molecule has 0 saturated heterocycles. The molecule has 0 unspecified atom stereocenters. The minimum Gasteiger partial charge on any atom is -0.383 e. The number of rotatable bonds is 8. The summed E-state index contributed by atoms with van der Waals surface area (Å²) in [4.78, 5) is 29.5. The summed E-state index contributed by atoms with van der Waals surface area (Å²) < 4.78 is 22.0. The summed E-state index contributed by atoms with van der Waals surface area (Å²) in [7, 11) is 1.55. The Labute approximate surface area is 198 Å². The lowest BCUT2D eigenvalue weighted by Crippen LogP contribution is -2.50. The smallest absolute Gasteiger partial charge is 0.318 e. The lowest BCUT2D eigenvalue weighted by molar-refractivity contribution is -0.134. The highest BCUT2D eigenvalue weighted by Gasteiger charge is 2.34. The van der Waals surface area contributed by atoms with Crippen molar-refractivity contribution in [2.45, 2.75) is 19.1 Å². The van der Waals surface area contributed by atoms with Crippen LogP contribution in [0.5, 0.6) is 0 Å². The van der Waals surface area contributed by atoms with Crippen LogP contribution < -0.4 is 5.32 Å². The summed E-state index contributed by atoms with van der Waals surface area (Å²) in [6, 6.07) is 19.0. The molecule has 0 fully saturated rings. The van der Waals surface area contributed by atoms with E-state index in [9.17, 15) is 14.0 Å². The number of nitrogens with zero attached hydrogens (tertiary/aromatic N) is 3. The standard InChI is InChI=1S/C26H29FN4O3/c1-34-17-16-30(26(33)28-18-20-8-3-2-4-9-20)19-24(32)31-15-14-29-13-7-12-23(29)25(31)21-10-5-6-11-22(21)27/h2-13,25H,14-19H2,1H3,(H,28,33)/t25-/m1/s1. The van der Waals surface area contributed by atoms with E-state index in [4.69, 9.17) is 4.74 Å². The van der Waals surface area contributed by atoms with Crippen molar-refractivity contribution in [2.75, 3.05) is 33.4 Å². The van der Waals surface area contributed by atoms with Gasteiger partial charge in [0.25, 0.3) is 0 Å². The zero-order valence-corrected chi connectivity index (χ0v) is 19.2. The maximum absolute atomic E-state index is 14.8. The maximum atomic E-state index is 14.8. The van der Waals surface area contributed by atoms with E-state index < -0.39 is 6.04 Å². The van der Waals surface area contributed by atoms with Gasteiger partial charge in [-0.25, -0.2) is 9.18 Å². The molecular formula is C26H29FN4O3. The van der Waals surface area contributed by atoms with Gasteiger partial charge in [-0.05, 0) is 23.8 Å². The van der Waals surface area contributed by atoms with Crippen molar-refractivity contribution in [2.24, 2.45) is 0 Å². The molecule has 7 nitrogen and oxygen atoms in total. The zero-order valence-electron chi connectivity index (χ0n) is 19.2. The number of benzene rings is 2. The number of amides is 3. The molecule has 1 aliphatic heterocycles. The third kappa shape index (κ3) is 5.28. The summed E-state index contributed by atoms with van der Waals surface area (Å²) in [5.74, 6) is -0.608. The second-order valence-electron chi connectivity index (χ2n) is 8.20. The number of carbonyl (C=O) groups excluding carboxylic acids is 2. The largest absolute Gasteiger partial charge is 0.383 e. The van der Waals surface area contributed by atoms with Crippen LogP contribution in [0, 0.1) is 5.82 Å². The Hall–Kier alpha value is -3.65. The number of aromatic nitrogens is 1. The Morgan fingerprint density at radius 1 is 1.06 bits per heavy atom. The van der Waals surface area contributed by atoms with Crippen LogP contribution in [-0.4, -0.2) is 59.7 Å². The van der Waals surface area contributed by atoms with Crippen molar-refractivity contribution in [1.82, 2.24) is 19.7 Å². The predicted molar refractivity (Wildman–Crippen MR) is 127 cm³/mol. The average molecular weight is 465 g/mol. The molecule has 0 aliphatic carbocycles. The fourth-order valence-corrected chi connectivity index (χ4v) is 4.27. The third-order valence-corrected chi connectivity index (χ3v) is 6.02. The molecule has 178 valence electrons. The van der Waals surface area contributed by atoms with Crippen LogP contribution in [-0.2, 0) is 22.6 Å². The summed E-state index contributed by atoms with van der Waals surface area (Å²) >= 11 is 0.